The van der Waals surface area contributed by atoms with Crippen LogP contribution in [-0.2, 0) is 4.74 Å². The first-order valence-corrected chi connectivity index (χ1v) is 9.17. The second kappa shape index (κ2) is 8.47. The molecule has 1 N–H and O–H groups in total. The Kier molecular flexibility index (Phi) is 6.34. The van der Waals surface area contributed by atoms with Crippen LogP contribution in [-0.4, -0.2) is 74.9 Å². The van der Waals surface area contributed by atoms with Gasteiger partial charge in [0.05, 0.1) is 6.61 Å². The number of piperidine rings is 2. The van der Waals surface area contributed by atoms with Gasteiger partial charge in [0.25, 0.3) is 0 Å². The molecule has 0 radical (unpaired) electrons. The van der Waals surface area contributed by atoms with E-state index in [0.29, 0.717) is 0 Å². The summed E-state index contributed by atoms with van der Waals surface area (Å²) in [6.07, 6.45) is 8.15. The average molecular weight is 295 g/mol. The molecule has 0 bridgehead atoms. The summed E-state index contributed by atoms with van der Waals surface area (Å²) < 4.78 is 5.97. The van der Waals surface area contributed by atoms with Gasteiger partial charge in [0.15, 0.2) is 0 Å². The molecule has 0 amide bonds. The Morgan fingerprint density at radius 3 is 2.86 bits per heavy atom. The summed E-state index contributed by atoms with van der Waals surface area (Å²) in [5.41, 5.74) is 0. The van der Waals surface area contributed by atoms with Crippen molar-refractivity contribution in [3.8, 4) is 0 Å². The lowest BCUT2D eigenvalue weighted by atomic mass is 9.92. The van der Waals surface area contributed by atoms with Crippen LogP contribution in [0, 0.1) is 5.92 Å². The van der Waals surface area contributed by atoms with Gasteiger partial charge < -0.3 is 15.0 Å². The summed E-state index contributed by atoms with van der Waals surface area (Å²) in [6.45, 7) is 10.7. The van der Waals surface area contributed by atoms with E-state index >= 15 is 0 Å². The van der Waals surface area contributed by atoms with Crippen molar-refractivity contribution < 1.29 is 4.74 Å². The van der Waals surface area contributed by atoms with Crippen LogP contribution in [0.15, 0.2) is 0 Å². The third-order valence-corrected chi connectivity index (χ3v) is 5.44. The van der Waals surface area contributed by atoms with Gasteiger partial charge in [-0.05, 0) is 51.1 Å². The van der Waals surface area contributed by atoms with E-state index in [9.17, 15) is 0 Å². The molecule has 0 unspecified atom stereocenters. The summed E-state index contributed by atoms with van der Waals surface area (Å²) in [6, 6.07) is 0.800. The predicted molar refractivity (Wildman–Crippen MR) is 86.7 cm³/mol. The number of likely N-dealkylation sites (tertiary alicyclic amines) is 1. The molecule has 4 heteroatoms. The first-order chi connectivity index (χ1) is 10.4. The molecule has 2 atom stereocenters. The molecule has 3 rings (SSSR count). The Labute approximate surface area is 130 Å². The second-order valence-corrected chi connectivity index (χ2v) is 7.13. The SMILES string of the molecule is C1CCN(CCCOC[C@@H]2CC[C@H]3CNCCN3C2)CC1. The van der Waals surface area contributed by atoms with Crippen molar-refractivity contribution in [1.29, 1.82) is 0 Å². The van der Waals surface area contributed by atoms with Crippen molar-refractivity contribution in [2.24, 2.45) is 5.92 Å². The molecule has 0 spiro atoms. The summed E-state index contributed by atoms with van der Waals surface area (Å²) in [7, 11) is 0. The highest BCUT2D eigenvalue weighted by Gasteiger charge is 2.29. The Morgan fingerprint density at radius 2 is 1.95 bits per heavy atom. The van der Waals surface area contributed by atoms with Crippen LogP contribution >= 0.6 is 0 Å². The second-order valence-electron chi connectivity index (χ2n) is 7.13. The molecule has 122 valence electrons. The van der Waals surface area contributed by atoms with Crippen LogP contribution in [0.3, 0.4) is 0 Å². The van der Waals surface area contributed by atoms with E-state index in [1.165, 1.54) is 84.3 Å². The van der Waals surface area contributed by atoms with Gasteiger partial charge in [-0.1, -0.05) is 6.42 Å². The Balaban J connectivity index is 1.24. The van der Waals surface area contributed by atoms with Crippen molar-refractivity contribution in [3.05, 3.63) is 0 Å². The molecule has 3 heterocycles. The van der Waals surface area contributed by atoms with Gasteiger partial charge in [-0.3, -0.25) is 4.90 Å². The zero-order valence-corrected chi connectivity index (χ0v) is 13.6. The van der Waals surface area contributed by atoms with Crippen LogP contribution in [0.2, 0.25) is 0 Å². The monoisotopic (exact) mass is 295 g/mol. The van der Waals surface area contributed by atoms with E-state index in [1.807, 2.05) is 0 Å². The molecule has 0 aromatic rings. The number of rotatable bonds is 6. The number of hydrogen-bond acceptors (Lipinski definition) is 4. The van der Waals surface area contributed by atoms with Gasteiger partial charge in [0.1, 0.15) is 0 Å². The molecule has 3 aliphatic heterocycles. The number of ether oxygens (including phenoxy) is 1. The average Bonchev–Trinajstić information content (AvgIpc) is 2.55. The maximum absolute atomic E-state index is 5.97. The molecule has 0 saturated carbocycles. The molecule has 0 aromatic carbocycles. The van der Waals surface area contributed by atoms with Crippen LogP contribution in [0.5, 0.6) is 0 Å². The van der Waals surface area contributed by atoms with Crippen molar-refractivity contribution in [2.75, 3.05) is 59.0 Å². The van der Waals surface area contributed by atoms with Gasteiger partial charge in [-0.15, -0.1) is 0 Å². The van der Waals surface area contributed by atoms with E-state index in [2.05, 4.69) is 15.1 Å². The molecule has 3 aliphatic rings. The lowest BCUT2D eigenvalue weighted by Gasteiger charge is -2.42. The Morgan fingerprint density at radius 1 is 1.05 bits per heavy atom. The van der Waals surface area contributed by atoms with Crippen LogP contribution < -0.4 is 5.32 Å². The number of piperazine rings is 1. The molecule has 21 heavy (non-hydrogen) atoms. The molecule has 0 aliphatic carbocycles. The molecule has 3 saturated heterocycles. The fourth-order valence-electron chi connectivity index (χ4n) is 4.14. The lowest BCUT2D eigenvalue weighted by Crippen LogP contribution is -2.55. The van der Waals surface area contributed by atoms with E-state index in [0.717, 1.165) is 25.2 Å². The normalized spacial score (nSPS) is 32.0. The summed E-state index contributed by atoms with van der Waals surface area (Å²) >= 11 is 0. The van der Waals surface area contributed by atoms with Crippen molar-refractivity contribution >= 4 is 0 Å². The van der Waals surface area contributed by atoms with Crippen LogP contribution in [0.1, 0.15) is 38.5 Å². The first-order valence-electron chi connectivity index (χ1n) is 9.17. The first kappa shape index (κ1) is 15.7. The molecule has 0 aromatic heterocycles. The highest BCUT2D eigenvalue weighted by Crippen LogP contribution is 2.23. The Bertz CT molecular complexity index is 294. The molecule has 4 nitrogen and oxygen atoms in total. The van der Waals surface area contributed by atoms with Gasteiger partial charge in [0, 0.05) is 45.4 Å². The maximum Gasteiger partial charge on any atom is 0.0506 e. The van der Waals surface area contributed by atoms with Crippen molar-refractivity contribution in [2.45, 2.75) is 44.6 Å². The zero-order chi connectivity index (χ0) is 14.3. The number of nitrogens with zero attached hydrogens (tertiary/aromatic N) is 2. The Hall–Kier alpha value is -0.160. The molecule has 3 fully saturated rings. The number of fused-ring (bicyclic) bond motifs is 1. The van der Waals surface area contributed by atoms with Crippen LogP contribution in [0.25, 0.3) is 0 Å². The van der Waals surface area contributed by atoms with E-state index in [1.54, 1.807) is 0 Å². The van der Waals surface area contributed by atoms with E-state index < -0.39 is 0 Å². The summed E-state index contributed by atoms with van der Waals surface area (Å²) in [5, 5.41) is 3.51. The number of hydrogen-bond donors (Lipinski definition) is 1. The van der Waals surface area contributed by atoms with Crippen molar-refractivity contribution in [3.63, 3.8) is 0 Å². The minimum Gasteiger partial charge on any atom is -0.381 e. The van der Waals surface area contributed by atoms with Crippen LogP contribution in [0.4, 0.5) is 0 Å². The fraction of sp³-hybridized carbons (Fsp3) is 1.00. The third kappa shape index (κ3) is 4.92. The smallest absolute Gasteiger partial charge is 0.0506 e. The minimum absolute atomic E-state index is 0.773. The highest BCUT2D eigenvalue weighted by atomic mass is 16.5. The third-order valence-electron chi connectivity index (χ3n) is 5.44. The number of nitrogens with one attached hydrogen (secondary N) is 1. The van der Waals surface area contributed by atoms with Gasteiger partial charge in [0.2, 0.25) is 0 Å². The topological polar surface area (TPSA) is 27.7 Å². The summed E-state index contributed by atoms with van der Waals surface area (Å²) in [5.74, 6) is 0.773. The highest BCUT2D eigenvalue weighted by molar-refractivity contribution is 4.86. The van der Waals surface area contributed by atoms with E-state index in [4.69, 9.17) is 4.74 Å². The fourth-order valence-corrected chi connectivity index (χ4v) is 4.14. The largest absolute Gasteiger partial charge is 0.381 e. The van der Waals surface area contributed by atoms with Gasteiger partial charge in [-0.2, -0.15) is 0 Å². The van der Waals surface area contributed by atoms with Gasteiger partial charge in [-0.25, -0.2) is 0 Å². The van der Waals surface area contributed by atoms with E-state index in [-0.39, 0.29) is 0 Å². The predicted octanol–water partition coefficient (Wildman–Crippen LogP) is 1.56. The van der Waals surface area contributed by atoms with Crippen molar-refractivity contribution in [1.82, 2.24) is 15.1 Å². The molecular weight excluding hydrogens is 262 g/mol. The maximum atomic E-state index is 5.97. The molecular formula is C17H33N3O. The lowest BCUT2D eigenvalue weighted by molar-refractivity contribution is 0.0266. The van der Waals surface area contributed by atoms with Gasteiger partial charge >= 0.3 is 0 Å². The quantitative estimate of drug-likeness (QED) is 0.753. The zero-order valence-electron chi connectivity index (χ0n) is 13.6. The summed E-state index contributed by atoms with van der Waals surface area (Å²) in [4.78, 5) is 5.29. The minimum atomic E-state index is 0.773. The standard InChI is InChI=1S/C17H33N3O/c1-2-8-19(9-3-1)10-4-12-21-15-16-5-6-17-13-18-7-11-20(17)14-16/h16-18H,1-15H2/t16-,17+/m1/s1.